The molecule has 0 fully saturated rings. The van der Waals surface area contributed by atoms with Gasteiger partial charge in [0.2, 0.25) is 0 Å². The first-order valence-corrected chi connectivity index (χ1v) is 5.57. The summed E-state index contributed by atoms with van der Waals surface area (Å²) < 4.78 is 0. The molecule has 1 nitrogen and oxygen atoms in total. The van der Waals surface area contributed by atoms with Crippen molar-refractivity contribution in [2.75, 3.05) is 0 Å². The first-order chi connectivity index (χ1) is 5.77. The van der Waals surface area contributed by atoms with Gasteiger partial charge in [-0.3, -0.25) is 0 Å². The van der Waals surface area contributed by atoms with Crippen molar-refractivity contribution < 1.29 is 0 Å². The minimum absolute atomic E-state index is 0.822. The highest BCUT2D eigenvalue weighted by Gasteiger charge is 2.25. The second-order valence-corrected chi connectivity index (χ2v) is 4.91. The Balaban J connectivity index is 2.12. The van der Waals surface area contributed by atoms with Crippen LogP contribution in [0.15, 0.2) is 5.51 Å². The molecule has 1 atom stereocenters. The quantitative estimate of drug-likeness (QED) is 0.682. The van der Waals surface area contributed by atoms with Crippen molar-refractivity contribution in [2.45, 2.75) is 39.0 Å². The molecular weight excluding hydrogens is 166 g/mol. The molecule has 0 radical (unpaired) electrons. The van der Waals surface area contributed by atoms with Gasteiger partial charge in [0.1, 0.15) is 0 Å². The highest BCUT2D eigenvalue weighted by molar-refractivity contribution is 7.09. The highest BCUT2D eigenvalue weighted by Crippen LogP contribution is 2.39. The van der Waals surface area contributed by atoms with Crippen LogP contribution in [0.3, 0.4) is 0 Å². The molecule has 1 unspecified atom stereocenters. The SMILES string of the molecule is CC(C)CC1CCc2ncsc21. The minimum Gasteiger partial charge on any atom is -0.249 e. The fourth-order valence-corrected chi connectivity index (χ4v) is 3.02. The van der Waals surface area contributed by atoms with Crippen molar-refractivity contribution in [2.24, 2.45) is 5.92 Å². The fraction of sp³-hybridized carbons (Fsp3) is 0.700. The molecule has 66 valence electrons. The van der Waals surface area contributed by atoms with Gasteiger partial charge >= 0.3 is 0 Å². The molecule has 0 aliphatic heterocycles. The first-order valence-electron chi connectivity index (χ1n) is 4.69. The molecule has 2 rings (SSSR count). The summed E-state index contributed by atoms with van der Waals surface area (Å²) in [6.07, 6.45) is 3.90. The third-order valence-corrected chi connectivity index (χ3v) is 3.56. The number of fused-ring (bicyclic) bond motifs is 1. The number of rotatable bonds is 2. The predicted molar refractivity (Wildman–Crippen MR) is 52.6 cm³/mol. The van der Waals surface area contributed by atoms with Crippen molar-refractivity contribution in [3.05, 3.63) is 16.1 Å². The number of aryl methyl sites for hydroxylation is 1. The molecule has 1 heterocycles. The van der Waals surface area contributed by atoms with Gasteiger partial charge in [0.15, 0.2) is 0 Å². The number of hydrogen-bond acceptors (Lipinski definition) is 2. The van der Waals surface area contributed by atoms with Crippen LogP contribution in [0.1, 0.15) is 43.2 Å². The van der Waals surface area contributed by atoms with E-state index in [0.29, 0.717) is 0 Å². The van der Waals surface area contributed by atoms with E-state index in [2.05, 4.69) is 18.8 Å². The normalized spacial score (nSPS) is 21.8. The molecule has 1 aromatic rings. The Bertz CT molecular complexity index is 265. The molecule has 0 N–H and O–H groups in total. The van der Waals surface area contributed by atoms with Gasteiger partial charge in [0.25, 0.3) is 0 Å². The molecule has 0 bridgehead atoms. The smallest absolute Gasteiger partial charge is 0.0797 e. The van der Waals surface area contributed by atoms with E-state index in [0.717, 1.165) is 11.8 Å². The third-order valence-electron chi connectivity index (χ3n) is 2.53. The van der Waals surface area contributed by atoms with Crippen LogP contribution in [0.4, 0.5) is 0 Å². The maximum atomic E-state index is 4.37. The van der Waals surface area contributed by atoms with Gasteiger partial charge in [-0.05, 0) is 31.1 Å². The van der Waals surface area contributed by atoms with Gasteiger partial charge in [0.05, 0.1) is 11.2 Å². The van der Waals surface area contributed by atoms with E-state index in [-0.39, 0.29) is 0 Å². The molecule has 0 spiro atoms. The fourth-order valence-electron chi connectivity index (χ4n) is 2.03. The molecule has 2 heteroatoms. The summed E-state index contributed by atoms with van der Waals surface area (Å²) in [6, 6.07) is 0. The summed E-state index contributed by atoms with van der Waals surface area (Å²) >= 11 is 1.85. The van der Waals surface area contributed by atoms with Gasteiger partial charge in [-0.1, -0.05) is 13.8 Å². The van der Waals surface area contributed by atoms with Crippen LogP contribution < -0.4 is 0 Å². The summed E-state index contributed by atoms with van der Waals surface area (Å²) in [5, 5.41) is 0. The van der Waals surface area contributed by atoms with Gasteiger partial charge < -0.3 is 0 Å². The Hall–Kier alpha value is -0.370. The lowest BCUT2D eigenvalue weighted by Gasteiger charge is -2.11. The third kappa shape index (κ3) is 1.40. The predicted octanol–water partition coefficient (Wildman–Crippen LogP) is 3.22. The largest absolute Gasteiger partial charge is 0.249 e. The zero-order chi connectivity index (χ0) is 8.55. The van der Waals surface area contributed by atoms with Crippen molar-refractivity contribution in [3.63, 3.8) is 0 Å². The molecule has 0 amide bonds. The van der Waals surface area contributed by atoms with Gasteiger partial charge in [-0.15, -0.1) is 11.3 Å². The van der Waals surface area contributed by atoms with Gasteiger partial charge in [-0.2, -0.15) is 0 Å². The number of aromatic nitrogens is 1. The minimum atomic E-state index is 0.822. The van der Waals surface area contributed by atoms with Crippen molar-refractivity contribution in [1.82, 2.24) is 4.98 Å². The van der Waals surface area contributed by atoms with E-state index >= 15 is 0 Å². The van der Waals surface area contributed by atoms with E-state index < -0.39 is 0 Å². The molecular formula is C10H15NS. The number of thiazole rings is 1. The van der Waals surface area contributed by atoms with Gasteiger partial charge in [-0.25, -0.2) is 4.98 Å². The average molecular weight is 181 g/mol. The van der Waals surface area contributed by atoms with E-state index in [1.807, 2.05) is 16.8 Å². The zero-order valence-electron chi connectivity index (χ0n) is 7.71. The highest BCUT2D eigenvalue weighted by atomic mass is 32.1. The van der Waals surface area contributed by atoms with Crippen LogP contribution in [-0.4, -0.2) is 4.98 Å². The molecule has 12 heavy (non-hydrogen) atoms. The summed E-state index contributed by atoms with van der Waals surface area (Å²) in [5.74, 6) is 1.65. The zero-order valence-corrected chi connectivity index (χ0v) is 8.53. The number of nitrogens with zero attached hydrogens (tertiary/aromatic N) is 1. The first kappa shape index (κ1) is 8.24. The molecule has 1 aliphatic rings. The van der Waals surface area contributed by atoms with Crippen molar-refractivity contribution >= 4 is 11.3 Å². The maximum absolute atomic E-state index is 4.37. The van der Waals surface area contributed by atoms with Crippen LogP contribution in [0, 0.1) is 5.92 Å². The van der Waals surface area contributed by atoms with Crippen LogP contribution in [0.25, 0.3) is 0 Å². The lowest BCUT2D eigenvalue weighted by molar-refractivity contribution is 0.500. The summed E-state index contributed by atoms with van der Waals surface area (Å²) in [5.41, 5.74) is 3.38. The van der Waals surface area contributed by atoms with E-state index in [9.17, 15) is 0 Å². The molecule has 0 aromatic carbocycles. The van der Waals surface area contributed by atoms with Crippen molar-refractivity contribution in [1.29, 1.82) is 0 Å². The molecule has 1 aliphatic carbocycles. The molecule has 1 aromatic heterocycles. The second kappa shape index (κ2) is 3.17. The van der Waals surface area contributed by atoms with Crippen LogP contribution in [-0.2, 0) is 6.42 Å². The van der Waals surface area contributed by atoms with Crippen LogP contribution >= 0.6 is 11.3 Å². The molecule has 0 saturated heterocycles. The Kier molecular flexibility index (Phi) is 2.18. The number of hydrogen-bond donors (Lipinski definition) is 0. The standard InChI is InChI=1S/C10H15NS/c1-7(2)5-8-3-4-9-10(8)12-6-11-9/h6-8H,3-5H2,1-2H3. The summed E-state index contributed by atoms with van der Waals surface area (Å²) in [6.45, 7) is 4.61. The van der Waals surface area contributed by atoms with E-state index in [1.54, 1.807) is 4.88 Å². The van der Waals surface area contributed by atoms with Crippen LogP contribution in [0.5, 0.6) is 0 Å². The molecule has 0 saturated carbocycles. The topological polar surface area (TPSA) is 12.9 Å². The Morgan fingerprint density at radius 1 is 1.67 bits per heavy atom. The Labute approximate surface area is 77.8 Å². The lowest BCUT2D eigenvalue weighted by atomic mass is 9.97. The Morgan fingerprint density at radius 3 is 3.25 bits per heavy atom. The second-order valence-electron chi connectivity index (χ2n) is 4.03. The van der Waals surface area contributed by atoms with E-state index in [1.165, 1.54) is 25.0 Å². The average Bonchev–Trinajstić information content (AvgIpc) is 2.52. The monoisotopic (exact) mass is 181 g/mol. The summed E-state index contributed by atoms with van der Waals surface area (Å²) in [7, 11) is 0. The maximum Gasteiger partial charge on any atom is 0.0797 e. The lowest BCUT2D eigenvalue weighted by Crippen LogP contribution is -1.96. The van der Waals surface area contributed by atoms with Gasteiger partial charge in [0, 0.05) is 4.88 Å². The summed E-state index contributed by atoms with van der Waals surface area (Å²) in [4.78, 5) is 5.95. The Morgan fingerprint density at radius 2 is 2.50 bits per heavy atom. The van der Waals surface area contributed by atoms with Crippen LogP contribution in [0.2, 0.25) is 0 Å². The van der Waals surface area contributed by atoms with Crippen molar-refractivity contribution in [3.8, 4) is 0 Å². The van der Waals surface area contributed by atoms with E-state index in [4.69, 9.17) is 0 Å².